The third-order valence-electron chi connectivity index (χ3n) is 4.16. The maximum atomic E-state index is 11.0. The Morgan fingerprint density at radius 3 is 2.29 bits per heavy atom. The van der Waals surface area contributed by atoms with E-state index in [1.165, 1.54) is 22.3 Å². The molecule has 2 aromatic carbocycles. The van der Waals surface area contributed by atoms with Crippen molar-refractivity contribution in [1.82, 2.24) is 0 Å². The molecule has 0 aliphatic heterocycles. The molecule has 0 heterocycles. The van der Waals surface area contributed by atoms with E-state index in [9.17, 15) is 4.79 Å². The normalized spacial score (nSPS) is 13.5. The van der Waals surface area contributed by atoms with Crippen LogP contribution in [0.4, 0.5) is 0 Å². The Hall–Kier alpha value is -1.78. The summed E-state index contributed by atoms with van der Waals surface area (Å²) in [5, 5.41) is 9.14. The second-order valence-electron chi connectivity index (χ2n) is 5.80. The van der Waals surface area contributed by atoms with Gasteiger partial charge in [-0.05, 0) is 35.1 Å². The van der Waals surface area contributed by atoms with Crippen LogP contribution in [0.2, 0.25) is 0 Å². The lowest BCUT2D eigenvalue weighted by atomic mass is 9.96. The van der Waals surface area contributed by atoms with Crippen molar-refractivity contribution >= 4 is 17.7 Å². The Labute approximate surface area is 148 Å². The highest BCUT2D eigenvalue weighted by atomic mass is 32.2. The molecule has 0 saturated heterocycles. The maximum Gasteiger partial charge on any atom is 0.321 e. The lowest BCUT2D eigenvalue weighted by Gasteiger charge is -2.20. The number of carbonyl (C=O) groups is 1. The van der Waals surface area contributed by atoms with Crippen molar-refractivity contribution < 1.29 is 9.90 Å². The molecular formula is C20H25NO2S. The number of carboxylic acid groups (broad SMARTS) is 1. The van der Waals surface area contributed by atoms with E-state index in [1.807, 2.05) is 18.2 Å². The topological polar surface area (TPSA) is 63.3 Å². The van der Waals surface area contributed by atoms with Crippen LogP contribution in [-0.4, -0.2) is 22.9 Å². The van der Waals surface area contributed by atoms with E-state index in [0.717, 1.165) is 12.8 Å². The van der Waals surface area contributed by atoms with Gasteiger partial charge in [0.1, 0.15) is 6.04 Å². The van der Waals surface area contributed by atoms with Gasteiger partial charge in [-0.2, -0.15) is 0 Å². The van der Waals surface area contributed by atoms with Crippen molar-refractivity contribution in [3.63, 3.8) is 0 Å². The molecule has 24 heavy (non-hydrogen) atoms. The van der Waals surface area contributed by atoms with Gasteiger partial charge in [0.2, 0.25) is 0 Å². The van der Waals surface area contributed by atoms with Crippen molar-refractivity contribution in [2.45, 2.75) is 38.0 Å². The first-order valence-corrected chi connectivity index (χ1v) is 9.38. The smallest absolute Gasteiger partial charge is 0.321 e. The van der Waals surface area contributed by atoms with Gasteiger partial charge in [-0.1, -0.05) is 62.4 Å². The summed E-state index contributed by atoms with van der Waals surface area (Å²) in [5.74, 6) is -0.573. The van der Waals surface area contributed by atoms with Crippen LogP contribution in [0.3, 0.4) is 0 Å². The van der Waals surface area contributed by atoms with Gasteiger partial charge in [-0.25, -0.2) is 0 Å². The zero-order valence-electron chi connectivity index (χ0n) is 14.2. The summed E-state index contributed by atoms with van der Waals surface area (Å²) < 4.78 is 0. The SMILES string of the molecule is CCc1ccc(C(SCC(N)C(=O)O)c2ccccc2)cc1CC. The van der Waals surface area contributed by atoms with E-state index >= 15 is 0 Å². The lowest BCUT2D eigenvalue weighted by Crippen LogP contribution is -2.32. The molecule has 0 fully saturated rings. The van der Waals surface area contributed by atoms with Gasteiger partial charge >= 0.3 is 5.97 Å². The molecule has 3 nitrogen and oxygen atoms in total. The molecule has 0 aliphatic rings. The average Bonchev–Trinajstić information content (AvgIpc) is 2.62. The summed E-state index contributed by atoms with van der Waals surface area (Å²) in [6, 6.07) is 16.0. The van der Waals surface area contributed by atoms with Gasteiger partial charge in [0.25, 0.3) is 0 Å². The summed E-state index contributed by atoms with van der Waals surface area (Å²) in [7, 11) is 0. The highest BCUT2D eigenvalue weighted by molar-refractivity contribution is 7.99. The monoisotopic (exact) mass is 343 g/mol. The van der Waals surface area contributed by atoms with Gasteiger partial charge in [0.15, 0.2) is 0 Å². The van der Waals surface area contributed by atoms with Crippen LogP contribution >= 0.6 is 11.8 Å². The van der Waals surface area contributed by atoms with E-state index in [1.54, 1.807) is 11.8 Å². The molecule has 0 bridgehead atoms. The van der Waals surface area contributed by atoms with Crippen molar-refractivity contribution in [3.8, 4) is 0 Å². The van der Waals surface area contributed by atoms with Crippen molar-refractivity contribution in [2.75, 3.05) is 5.75 Å². The van der Waals surface area contributed by atoms with Gasteiger partial charge in [0.05, 0.1) is 5.25 Å². The van der Waals surface area contributed by atoms with E-state index in [0.29, 0.717) is 5.75 Å². The molecule has 0 amide bonds. The molecule has 2 aromatic rings. The van der Waals surface area contributed by atoms with E-state index in [-0.39, 0.29) is 5.25 Å². The van der Waals surface area contributed by atoms with Gasteiger partial charge < -0.3 is 10.8 Å². The van der Waals surface area contributed by atoms with Crippen LogP contribution in [0.1, 0.15) is 41.4 Å². The Morgan fingerprint density at radius 2 is 1.71 bits per heavy atom. The summed E-state index contributed by atoms with van der Waals surface area (Å²) in [6.45, 7) is 4.34. The van der Waals surface area contributed by atoms with Crippen LogP contribution in [-0.2, 0) is 17.6 Å². The second-order valence-corrected chi connectivity index (χ2v) is 6.94. The Bertz CT molecular complexity index is 673. The Kier molecular flexibility index (Phi) is 6.88. The average molecular weight is 343 g/mol. The summed E-state index contributed by atoms with van der Waals surface area (Å²) in [6.07, 6.45) is 2.02. The minimum absolute atomic E-state index is 0.0906. The van der Waals surface area contributed by atoms with Crippen molar-refractivity contribution in [2.24, 2.45) is 5.73 Å². The summed E-state index contributed by atoms with van der Waals surface area (Å²) in [4.78, 5) is 11.0. The first kappa shape index (κ1) is 18.6. The molecule has 2 rings (SSSR count). The first-order chi connectivity index (χ1) is 11.6. The first-order valence-electron chi connectivity index (χ1n) is 8.33. The fourth-order valence-corrected chi connectivity index (χ4v) is 4.00. The third kappa shape index (κ3) is 4.62. The number of benzene rings is 2. The number of hydrogen-bond donors (Lipinski definition) is 2. The molecule has 3 N–H and O–H groups in total. The van der Waals surface area contributed by atoms with Gasteiger partial charge in [-0.3, -0.25) is 4.79 Å². The molecule has 0 saturated carbocycles. The number of hydrogen-bond acceptors (Lipinski definition) is 3. The fourth-order valence-electron chi connectivity index (χ4n) is 2.77. The molecular weight excluding hydrogens is 318 g/mol. The number of aliphatic carboxylic acids is 1. The highest BCUT2D eigenvalue weighted by Gasteiger charge is 2.19. The molecule has 2 atom stereocenters. The van der Waals surface area contributed by atoms with Crippen LogP contribution in [0.5, 0.6) is 0 Å². The van der Waals surface area contributed by atoms with Crippen molar-refractivity contribution in [1.29, 1.82) is 0 Å². The number of rotatable bonds is 8. The lowest BCUT2D eigenvalue weighted by molar-refractivity contribution is -0.137. The van der Waals surface area contributed by atoms with E-state index < -0.39 is 12.0 Å². The third-order valence-corrected chi connectivity index (χ3v) is 5.59. The number of carboxylic acids is 1. The Balaban J connectivity index is 2.33. The maximum absolute atomic E-state index is 11.0. The summed E-state index contributed by atoms with van der Waals surface area (Å²) >= 11 is 1.59. The van der Waals surface area contributed by atoms with Crippen LogP contribution in [0, 0.1) is 0 Å². The van der Waals surface area contributed by atoms with Crippen LogP contribution < -0.4 is 5.73 Å². The number of nitrogens with two attached hydrogens (primary N) is 1. The molecule has 0 aromatic heterocycles. The number of thioether (sulfide) groups is 1. The molecule has 0 spiro atoms. The molecule has 0 aliphatic carbocycles. The molecule has 4 heteroatoms. The van der Waals surface area contributed by atoms with Crippen molar-refractivity contribution in [3.05, 3.63) is 70.8 Å². The zero-order valence-corrected chi connectivity index (χ0v) is 15.1. The van der Waals surface area contributed by atoms with Crippen LogP contribution in [0.15, 0.2) is 48.5 Å². The zero-order chi connectivity index (χ0) is 17.5. The largest absolute Gasteiger partial charge is 0.480 e. The van der Waals surface area contributed by atoms with Crippen LogP contribution in [0.25, 0.3) is 0 Å². The standard InChI is InChI=1S/C20H25NO2S/c1-3-14-10-11-17(12-15(14)4-2)19(16-8-6-5-7-9-16)24-13-18(21)20(22)23/h5-12,18-19H,3-4,13,21H2,1-2H3,(H,22,23). The Morgan fingerprint density at radius 1 is 1.04 bits per heavy atom. The molecule has 0 radical (unpaired) electrons. The quantitative estimate of drug-likeness (QED) is 0.759. The highest BCUT2D eigenvalue weighted by Crippen LogP contribution is 2.36. The fraction of sp³-hybridized carbons (Fsp3) is 0.350. The van der Waals surface area contributed by atoms with Gasteiger partial charge in [-0.15, -0.1) is 11.8 Å². The minimum atomic E-state index is -0.954. The predicted octanol–water partition coefficient (Wildman–Crippen LogP) is 4.05. The van der Waals surface area contributed by atoms with E-state index in [4.69, 9.17) is 10.8 Å². The predicted molar refractivity (Wildman–Crippen MR) is 102 cm³/mol. The summed E-state index contributed by atoms with van der Waals surface area (Å²) in [5.41, 5.74) is 10.8. The van der Waals surface area contributed by atoms with Gasteiger partial charge in [0, 0.05) is 5.75 Å². The minimum Gasteiger partial charge on any atom is -0.480 e. The number of aryl methyl sites for hydroxylation is 2. The second kappa shape index (κ2) is 8.90. The molecule has 2 unspecified atom stereocenters. The molecule has 128 valence electrons. The van der Waals surface area contributed by atoms with E-state index in [2.05, 4.69) is 44.2 Å².